The molecule has 0 unspecified atom stereocenters. The molecule has 1 fully saturated rings. The summed E-state index contributed by atoms with van der Waals surface area (Å²) in [6.45, 7) is 3.09. The highest BCUT2D eigenvalue weighted by Gasteiger charge is 2.35. The number of phenols is 1. The molecule has 1 heterocycles. The van der Waals surface area contributed by atoms with E-state index in [9.17, 15) is 5.11 Å². The number of ether oxygens (including phenoxy) is 1. The van der Waals surface area contributed by atoms with E-state index in [1.165, 1.54) is 5.56 Å². The van der Waals surface area contributed by atoms with Crippen molar-refractivity contribution >= 4 is 11.6 Å². The van der Waals surface area contributed by atoms with Crippen molar-refractivity contribution < 1.29 is 9.84 Å². The van der Waals surface area contributed by atoms with Crippen LogP contribution < -0.4 is 5.32 Å². The largest absolute Gasteiger partial charge is 0.508 e. The molecule has 1 saturated heterocycles. The molecule has 122 valence electrons. The summed E-state index contributed by atoms with van der Waals surface area (Å²) in [5, 5.41) is 13.9. The molecule has 0 radical (unpaired) electrons. The van der Waals surface area contributed by atoms with Gasteiger partial charge in [-0.1, -0.05) is 41.9 Å². The number of phenolic OH excluding ortho intramolecular Hbond substituents is 1. The van der Waals surface area contributed by atoms with Crippen LogP contribution in [-0.2, 0) is 16.7 Å². The van der Waals surface area contributed by atoms with Gasteiger partial charge in [0.05, 0.1) is 0 Å². The summed E-state index contributed by atoms with van der Waals surface area (Å²) in [4.78, 5) is 0. The number of hydrogen-bond acceptors (Lipinski definition) is 3. The molecule has 4 heteroatoms. The van der Waals surface area contributed by atoms with Gasteiger partial charge in [0.15, 0.2) is 0 Å². The van der Waals surface area contributed by atoms with Crippen LogP contribution >= 0.6 is 11.6 Å². The maximum atomic E-state index is 9.56. The first kappa shape index (κ1) is 16.3. The molecule has 0 amide bonds. The van der Waals surface area contributed by atoms with Gasteiger partial charge in [-0.05, 0) is 42.2 Å². The smallest absolute Gasteiger partial charge is 0.115 e. The van der Waals surface area contributed by atoms with Gasteiger partial charge in [0.25, 0.3) is 0 Å². The van der Waals surface area contributed by atoms with Gasteiger partial charge in [0.1, 0.15) is 5.75 Å². The summed E-state index contributed by atoms with van der Waals surface area (Å²) in [5.74, 6) is 0.302. The van der Waals surface area contributed by atoms with Gasteiger partial charge in [0, 0.05) is 36.7 Å². The Balaban J connectivity index is 1.74. The van der Waals surface area contributed by atoms with Gasteiger partial charge < -0.3 is 15.2 Å². The van der Waals surface area contributed by atoms with Crippen molar-refractivity contribution in [3.8, 4) is 5.75 Å². The SMILES string of the molecule is Oc1cccc(CNCC2(c3ccccc3Cl)CCOCC2)c1. The van der Waals surface area contributed by atoms with Gasteiger partial charge in [0.2, 0.25) is 0 Å². The van der Waals surface area contributed by atoms with Crippen molar-refractivity contribution in [3.05, 3.63) is 64.7 Å². The Bertz CT molecular complexity index is 653. The molecule has 3 rings (SSSR count). The van der Waals surface area contributed by atoms with Crippen LogP contribution in [0.4, 0.5) is 0 Å². The van der Waals surface area contributed by atoms with Gasteiger partial charge in [-0.2, -0.15) is 0 Å². The van der Waals surface area contributed by atoms with Crippen LogP contribution in [0.25, 0.3) is 0 Å². The van der Waals surface area contributed by atoms with E-state index in [-0.39, 0.29) is 5.41 Å². The highest BCUT2D eigenvalue weighted by Crippen LogP contribution is 2.38. The molecule has 0 saturated carbocycles. The van der Waals surface area contributed by atoms with E-state index in [0.717, 1.165) is 49.7 Å². The first-order chi connectivity index (χ1) is 11.2. The Morgan fingerprint density at radius 3 is 2.61 bits per heavy atom. The normalized spacial score (nSPS) is 17.1. The van der Waals surface area contributed by atoms with Crippen LogP contribution in [0.2, 0.25) is 5.02 Å². The molecule has 1 aliphatic rings. The maximum absolute atomic E-state index is 9.56. The molecule has 1 aliphatic heterocycles. The van der Waals surface area contributed by atoms with Crippen molar-refractivity contribution in [1.29, 1.82) is 0 Å². The van der Waals surface area contributed by atoms with Crippen LogP contribution in [0.1, 0.15) is 24.0 Å². The number of aromatic hydroxyl groups is 1. The van der Waals surface area contributed by atoms with E-state index < -0.39 is 0 Å². The number of rotatable bonds is 5. The number of nitrogens with one attached hydrogen (secondary N) is 1. The number of hydrogen-bond donors (Lipinski definition) is 2. The lowest BCUT2D eigenvalue weighted by Crippen LogP contribution is -2.42. The van der Waals surface area contributed by atoms with Crippen LogP contribution in [0, 0.1) is 0 Å². The molecule has 2 N–H and O–H groups in total. The zero-order valence-corrected chi connectivity index (χ0v) is 13.9. The maximum Gasteiger partial charge on any atom is 0.115 e. The zero-order valence-electron chi connectivity index (χ0n) is 13.1. The van der Waals surface area contributed by atoms with Crippen LogP contribution in [0.3, 0.4) is 0 Å². The van der Waals surface area contributed by atoms with Gasteiger partial charge >= 0.3 is 0 Å². The molecule has 0 spiro atoms. The van der Waals surface area contributed by atoms with E-state index in [1.807, 2.05) is 30.3 Å². The lowest BCUT2D eigenvalue weighted by Gasteiger charge is -2.38. The van der Waals surface area contributed by atoms with Gasteiger partial charge in [-0.25, -0.2) is 0 Å². The molecule has 2 aromatic carbocycles. The highest BCUT2D eigenvalue weighted by atomic mass is 35.5. The quantitative estimate of drug-likeness (QED) is 0.873. The second kappa shape index (κ2) is 7.35. The molecule has 23 heavy (non-hydrogen) atoms. The fraction of sp³-hybridized carbons (Fsp3) is 0.368. The minimum absolute atomic E-state index is 0.00736. The Hall–Kier alpha value is -1.55. The fourth-order valence-electron chi connectivity index (χ4n) is 3.31. The van der Waals surface area contributed by atoms with Crippen LogP contribution in [0.15, 0.2) is 48.5 Å². The predicted octanol–water partition coefficient (Wildman–Crippen LogP) is 3.88. The lowest BCUT2D eigenvalue weighted by molar-refractivity contribution is 0.0498. The highest BCUT2D eigenvalue weighted by molar-refractivity contribution is 6.31. The van der Waals surface area contributed by atoms with Crippen molar-refractivity contribution in [3.63, 3.8) is 0 Å². The number of halogens is 1. The summed E-state index contributed by atoms with van der Waals surface area (Å²) < 4.78 is 5.56. The topological polar surface area (TPSA) is 41.5 Å². The van der Waals surface area contributed by atoms with E-state index >= 15 is 0 Å². The van der Waals surface area contributed by atoms with Crippen molar-refractivity contribution in [2.75, 3.05) is 19.8 Å². The van der Waals surface area contributed by atoms with Crippen LogP contribution in [-0.4, -0.2) is 24.9 Å². The number of benzene rings is 2. The molecule has 0 bridgehead atoms. The summed E-state index contributed by atoms with van der Waals surface area (Å²) in [6, 6.07) is 15.5. The first-order valence-electron chi connectivity index (χ1n) is 8.01. The van der Waals surface area contributed by atoms with Gasteiger partial charge in [-0.15, -0.1) is 0 Å². The third kappa shape index (κ3) is 3.86. The van der Waals surface area contributed by atoms with E-state index in [2.05, 4.69) is 11.4 Å². The molecule has 0 atom stereocenters. The summed E-state index contributed by atoms with van der Waals surface area (Å²) in [6.07, 6.45) is 1.92. The summed E-state index contributed by atoms with van der Waals surface area (Å²) in [7, 11) is 0. The minimum atomic E-state index is 0.00736. The molecule has 3 nitrogen and oxygen atoms in total. The van der Waals surface area contributed by atoms with Crippen molar-refractivity contribution in [2.24, 2.45) is 0 Å². The third-order valence-corrected chi connectivity index (χ3v) is 4.93. The zero-order chi connectivity index (χ0) is 16.1. The molecular formula is C19H22ClNO2. The lowest BCUT2D eigenvalue weighted by atomic mass is 9.74. The predicted molar refractivity (Wildman–Crippen MR) is 93.0 cm³/mol. The Morgan fingerprint density at radius 2 is 1.87 bits per heavy atom. The van der Waals surface area contributed by atoms with Crippen LogP contribution in [0.5, 0.6) is 5.75 Å². The van der Waals surface area contributed by atoms with Crippen molar-refractivity contribution in [1.82, 2.24) is 5.32 Å². The fourth-order valence-corrected chi connectivity index (χ4v) is 3.64. The third-order valence-electron chi connectivity index (χ3n) is 4.60. The Morgan fingerprint density at radius 1 is 1.09 bits per heavy atom. The standard InChI is InChI=1S/C19H22ClNO2/c20-18-7-2-1-6-17(18)19(8-10-23-11-9-19)14-21-13-15-4-3-5-16(22)12-15/h1-7,12,21-22H,8-11,13-14H2. The molecule has 0 aliphatic carbocycles. The molecular weight excluding hydrogens is 310 g/mol. The second-order valence-electron chi connectivity index (χ2n) is 6.15. The van der Waals surface area contributed by atoms with E-state index in [0.29, 0.717) is 5.75 Å². The van der Waals surface area contributed by atoms with Gasteiger partial charge in [-0.3, -0.25) is 0 Å². The average Bonchev–Trinajstić information content (AvgIpc) is 2.56. The Labute approximate surface area is 142 Å². The minimum Gasteiger partial charge on any atom is -0.508 e. The Kier molecular flexibility index (Phi) is 5.21. The monoisotopic (exact) mass is 331 g/mol. The summed E-state index contributed by atoms with van der Waals surface area (Å²) in [5.41, 5.74) is 2.28. The first-order valence-corrected chi connectivity index (χ1v) is 8.39. The average molecular weight is 332 g/mol. The van der Waals surface area contributed by atoms with E-state index in [1.54, 1.807) is 12.1 Å². The molecule has 2 aromatic rings. The van der Waals surface area contributed by atoms with Crippen molar-refractivity contribution in [2.45, 2.75) is 24.8 Å². The summed E-state index contributed by atoms with van der Waals surface area (Å²) >= 11 is 6.46. The molecule has 0 aromatic heterocycles. The van der Waals surface area contributed by atoms with E-state index in [4.69, 9.17) is 16.3 Å². The second-order valence-corrected chi connectivity index (χ2v) is 6.55.